The lowest BCUT2D eigenvalue weighted by atomic mass is 9.93. The number of hydrogen-bond donors (Lipinski definition) is 2. The van der Waals surface area contributed by atoms with Gasteiger partial charge in [-0.25, -0.2) is 18.1 Å². The molecular weight excluding hydrogens is 242 g/mol. The summed E-state index contributed by atoms with van der Waals surface area (Å²) in [6.45, 7) is 0. The number of nitrogens with one attached hydrogen (secondary N) is 1. The number of sulfonamides is 1. The minimum Gasteiger partial charge on any atom is -0.391 e. The zero-order chi connectivity index (χ0) is 12.5. The molecular formula is C10H17N3O3S. The highest BCUT2D eigenvalue weighted by molar-refractivity contribution is 7.89. The first kappa shape index (κ1) is 12.5. The average Bonchev–Trinajstić information content (AvgIpc) is 2.69. The summed E-state index contributed by atoms with van der Waals surface area (Å²) in [7, 11) is -1.90. The number of nitrogens with zero attached hydrogens (tertiary/aromatic N) is 2. The highest BCUT2D eigenvalue weighted by Crippen LogP contribution is 2.20. The fourth-order valence-electron chi connectivity index (χ4n) is 2.04. The first-order valence-corrected chi connectivity index (χ1v) is 7.16. The SMILES string of the molecule is Cn1cnc(S(=O)(=O)N[C@@H]2CCCC[C@H]2O)c1. The number of imidazole rings is 1. The Kier molecular flexibility index (Phi) is 3.50. The van der Waals surface area contributed by atoms with Crippen LogP contribution >= 0.6 is 0 Å². The van der Waals surface area contributed by atoms with Gasteiger partial charge in [0.25, 0.3) is 10.0 Å². The molecule has 2 atom stereocenters. The summed E-state index contributed by atoms with van der Waals surface area (Å²) >= 11 is 0. The van der Waals surface area contributed by atoms with Gasteiger partial charge in [0.05, 0.1) is 12.4 Å². The molecule has 2 N–H and O–H groups in total. The second-order valence-corrected chi connectivity index (χ2v) is 6.12. The molecule has 0 unspecified atom stereocenters. The lowest BCUT2D eigenvalue weighted by Crippen LogP contribution is -2.45. The molecule has 17 heavy (non-hydrogen) atoms. The van der Waals surface area contributed by atoms with E-state index < -0.39 is 22.2 Å². The number of hydrogen-bond acceptors (Lipinski definition) is 4. The number of aliphatic hydroxyl groups is 1. The van der Waals surface area contributed by atoms with Crippen LogP contribution in [0.15, 0.2) is 17.6 Å². The normalized spacial score (nSPS) is 26.0. The van der Waals surface area contributed by atoms with Gasteiger partial charge in [0.2, 0.25) is 0 Å². The van der Waals surface area contributed by atoms with Gasteiger partial charge in [-0.15, -0.1) is 0 Å². The van der Waals surface area contributed by atoms with Crippen molar-refractivity contribution < 1.29 is 13.5 Å². The van der Waals surface area contributed by atoms with Crippen molar-refractivity contribution in [1.29, 1.82) is 0 Å². The Hall–Kier alpha value is -0.920. The number of aliphatic hydroxyl groups excluding tert-OH is 1. The molecule has 1 aromatic heterocycles. The Labute approximate surface area is 101 Å². The molecule has 0 saturated heterocycles. The predicted octanol–water partition coefficient (Wildman–Crippen LogP) is 0.00190. The molecule has 1 aliphatic carbocycles. The van der Waals surface area contributed by atoms with Crippen molar-refractivity contribution in [3.05, 3.63) is 12.5 Å². The van der Waals surface area contributed by atoms with Gasteiger partial charge in [-0.05, 0) is 12.8 Å². The fraction of sp³-hybridized carbons (Fsp3) is 0.700. The molecule has 1 aromatic rings. The first-order valence-electron chi connectivity index (χ1n) is 5.67. The summed E-state index contributed by atoms with van der Waals surface area (Å²) in [6, 6.07) is -0.393. The molecule has 0 aromatic carbocycles. The Morgan fingerprint density at radius 2 is 2.18 bits per heavy atom. The zero-order valence-electron chi connectivity index (χ0n) is 9.70. The third kappa shape index (κ3) is 2.85. The van der Waals surface area contributed by atoms with E-state index in [0.717, 1.165) is 12.8 Å². The minimum absolute atomic E-state index is 0.00206. The van der Waals surface area contributed by atoms with Gasteiger partial charge in [0.15, 0.2) is 5.03 Å². The van der Waals surface area contributed by atoms with Gasteiger partial charge < -0.3 is 9.67 Å². The highest BCUT2D eigenvalue weighted by Gasteiger charge is 2.28. The van der Waals surface area contributed by atoms with Crippen LogP contribution in [0.3, 0.4) is 0 Å². The second kappa shape index (κ2) is 4.75. The van der Waals surface area contributed by atoms with Crippen molar-refractivity contribution in [2.24, 2.45) is 7.05 Å². The lowest BCUT2D eigenvalue weighted by Gasteiger charge is -2.27. The van der Waals surface area contributed by atoms with Gasteiger partial charge in [0.1, 0.15) is 0 Å². The number of rotatable bonds is 3. The van der Waals surface area contributed by atoms with Crippen molar-refractivity contribution >= 4 is 10.0 Å². The van der Waals surface area contributed by atoms with Gasteiger partial charge in [-0.1, -0.05) is 12.8 Å². The Morgan fingerprint density at radius 3 is 2.76 bits per heavy atom. The largest absolute Gasteiger partial charge is 0.391 e. The van der Waals surface area contributed by atoms with Crippen molar-refractivity contribution in [2.75, 3.05) is 0 Å². The fourth-order valence-corrected chi connectivity index (χ4v) is 3.32. The van der Waals surface area contributed by atoms with Crippen LogP contribution < -0.4 is 4.72 Å². The molecule has 0 amide bonds. The van der Waals surface area contributed by atoms with Crippen LogP contribution in [-0.4, -0.2) is 35.2 Å². The molecule has 0 radical (unpaired) electrons. The molecule has 2 rings (SSSR count). The summed E-state index contributed by atoms with van der Waals surface area (Å²) in [5, 5.41) is 9.73. The van der Waals surface area contributed by atoms with Gasteiger partial charge in [0, 0.05) is 19.3 Å². The van der Waals surface area contributed by atoms with Crippen LogP contribution in [-0.2, 0) is 17.1 Å². The zero-order valence-corrected chi connectivity index (χ0v) is 10.5. The van der Waals surface area contributed by atoms with Crippen LogP contribution in [0.1, 0.15) is 25.7 Å². The van der Waals surface area contributed by atoms with E-state index in [-0.39, 0.29) is 5.03 Å². The minimum atomic E-state index is -3.61. The van der Waals surface area contributed by atoms with E-state index in [2.05, 4.69) is 9.71 Å². The van der Waals surface area contributed by atoms with E-state index in [0.29, 0.717) is 12.8 Å². The molecule has 0 spiro atoms. The highest BCUT2D eigenvalue weighted by atomic mass is 32.2. The number of aromatic nitrogens is 2. The van der Waals surface area contributed by atoms with Crippen molar-refractivity contribution in [2.45, 2.75) is 42.9 Å². The molecule has 1 aliphatic rings. The Bertz CT molecular complexity index is 483. The van der Waals surface area contributed by atoms with E-state index in [4.69, 9.17) is 0 Å². The van der Waals surface area contributed by atoms with E-state index in [1.165, 1.54) is 12.5 Å². The molecule has 1 fully saturated rings. The van der Waals surface area contributed by atoms with Crippen LogP contribution in [0.2, 0.25) is 0 Å². The molecule has 6 nitrogen and oxygen atoms in total. The van der Waals surface area contributed by atoms with Crippen molar-refractivity contribution in [3.8, 4) is 0 Å². The molecule has 1 saturated carbocycles. The topological polar surface area (TPSA) is 84.2 Å². The smallest absolute Gasteiger partial charge is 0.259 e. The van der Waals surface area contributed by atoms with Crippen molar-refractivity contribution in [3.63, 3.8) is 0 Å². The third-order valence-corrected chi connectivity index (χ3v) is 4.37. The quantitative estimate of drug-likeness (QED) is 0.800. The molecule has 0 aliphatic heterocycles. The molecule has 7 heteroatoms. The van der Waals surface area contributed by atoms with E-state index >= 15 is 0 Å². The summed E-state index contributed by atoms with van der Waals surface area (Å²) < 4.78 is 28.0. The maximum absolute atomic E-state index is 12.0. The lowest BCUT2D eigenvalue weighted by molar-refractivity contribution is 0.101. The summed E-state index contributed by atoms with van der Waals surface area (Å²) in [6.07, 6.45) is 5.49. The van der Waals surface area contributed by atoms with Crippen molar-refractivity contribution in [1.82, 2.24) is 14.3 Å². The van der Waals surface area contributed by atoms with E-state index in [1.807, 2.05) is 0 Å². The third-order valence-electron chi connectivity index (χ3n) is 2.99. The van der Waals surface area contributed by atoms with Gasteiger partial charge in [-0.3, -0.25) is 0 Å². The Balaban J connectivity index is 2.11. The van der Waals surface area contributed by atoms with Gasteiger partial charge >= 0.3 is 0 Å². The first-order chi connectivity index (χ1) is 7.99. The predicted molar refractivity (Wildman–Crippen MR) is 61.8 cm³/mol. The summed E-state index contributed by atoms with van der Waals surface area (Å²) in [5.74, 6) is 0. The van der Waals surface area contributed by atoms with Crippen LogP contribution in [0, 0.1) is 0 Å². The number of aryl methyl sites for hydroxylation is 1. The van der Waals surface area contributed by atoms with E-state index in [1.54, 1.807) is 11.6 Å². The summed E-state index contributed by atoms with van der Waals surface area (Å²) in [5.41, 5.74) is 0. The molecule has 96 valence electrons. The maximum Gasteiger partial charge on any atom is 0.259 e. The average molecular weight is 259 g/mol. The standard InChI is InChI=1S/C10H17N3O3S/c1-13-6-10(11-7-13)17(15,16)12-8-4-2-3-5-9(8)14/h6-9,12,14H,2-5H2,1H3/t8-,9-/m1/s1. The van der Waals surface area contributed by atoms with Gasteiger partial charge in [-0.2, -0.15) is 0 Å². The van der Waals surface area contributed by atoms with Crippen LogP contribution in [0.25, 0.3) is 0 Å². The molecule has 1 heterocycles. The van der Waals surface area contributed by atoms with E-state index in [9.17, 15) is 13.5 Å². The maximum atomic E-state index is 12.0. The van der Waals surface area contributed by atoms with Crippen LogP contribution in [0.4, 0.5) is 0 Å². The Morgan fingerprint density at radius 1 is 1.47 bits per heavy atom. The van der Waals surface area contributed by atoms with Crippen LogP contribution in [0.5, 0.6) is 0 Å². The second-order valence-electron chi connectivity index (χ2n) is 4.46. The monoisotopic (exact) mass is 259 g/mol. The summed E-state index contributed by atoms with van der Waals surface area (Å²) in [4.78, 5) is 3.81. The molecule has 0 bridgehead atoms.